The Hall–Kier alpha value is 0.577. The highest BCUT2D eigenvalue weighted by Crippen LogP contribution is 2.18. The Morgan fingerprint density at radius 2 is 1.17 bits per heavy atom. The minimum Gasteiger partial charge on any atom is -0.394 e. The van der Waals surface area contributed by atoms with Gasteiger partial charge in [-0.1, -0.05) is 100 Å². The second kappa shape index (κ2) is 21.8. The van der Waals surface area contributed by atoms with Crippen molar-refractivity contribution in [2.75, 3.05) is 18.5 Å². The first-order chi connectivity index (χ1) is 14.1. The average molecular weight is 496 g/mol. The van der Waals surface area contributed by atoms with E-state index in [1.165, 1.54) is 77.0 Å². The molecular formula is C24H51BrO3Si. The Bertz CT molecular complexity index is 329. The van der Waals surface area contributed by atoms with Crippen LogP contribution in [0.3, 0.4) is 0 Å². The van der Waals surface area contributed by atoms with Gasteiger partial charge in [0.25, 0.3) is 0 Å². The third-order valence-corrected chi connectivity index (χ3v) is 7.53. The molecule has 0 saturated carbocycles. The van der Waals surface area contributed by atoms with E-state index in [2.05, 4.69) is 42.9 Å². The van der Waals surface area contributed by atoms with Crippen molar-refractivity contribution in [2.24, 2.45) is 0 Å². The van der Waals surface area contributed by atoms with Gasteiger partial charge in [0.2, 0.25) is 0 Å². The van der Waals surface area contributed by atoms with E-state index in [1.54, 1.807) is 0 Å². The van der Waals surface area contributed by atoms with Crippen molar-refractivity contribution in [3.8, 4) is 0 Å². The maximum absolute atomic E-state index is 6.39. The number of rotatable bonds is 23. The Morgan fingerprint density at radius 3 is 1.76 bits per heavy atom. The quantitative estimate of drug-likeness (QED) is 0.0614. The van der Waals surface area contributed by atoms with Gasteiger partial charge in [0.05, 0.1) is 0 Å². The fraction of sp³-hybridized carbons (Fsp3) is 1.00. The SMILES string of the molecule is CCCCCCCCOC(CCCCCBr)O[Si](C)(C)OCCCCCCCC. The van der Waals surface area contributed by atoms with E-state index >= 15 is 0 Å². The molecular weight excluding hydrogens is 444 g/mol. The molecule has 0 aromatic rings. The normalized spacial score (nSPS) is 13.1. The first-order valence-electron chi connectivity index (χ1n) is 12.5. The zero-order valence-corrected chi connectivity index (χ0v) is 22.7. The van der Waals surface area contributed by atoms with Gasteiger partial charge in [-0.25, -0.2) is 0 Å². The molecule has 0 aromatic carbocycles. The Morgan fingerprint density at radius 1 is 0.655 bits per heavy atom. The molecule has 0 spiro atoms. The molecule has 176 valence electrons. The summed E-state index contributed by atoms with van der Waals surface area (Å²) < 4.78 is 18.7. The molecule has 0 heterocycles. The Balaban J connectivity index is 4.11. The largest absolute Gasteiger partial charge is 0.394 e. The maximum atomic E-state index is 6.39. The summed E-state index contributed by atoms with van der Waals surface area (Å²) in [6.07, 6.45) is 20.0. The van der Waals surface area contributed by atoms with E-state index in [0.29, 0.717) is 0 Å². The molecule has 1 atom stereocenters. The summed E-state index contributed by atoms with van der Waals surface area (Å²) in [6, 6.07) is 0. The van der Waals surface area contributed by atoms with Crippen LogP contribution >= 0.6 is 15.9 Å². The lowest BCUT2D eigenvalue weighted by molar-refractivity contribution is -0.104. The third kappa shape index (κ3) is 21.6. The molecule has 5 heteroatoms. The predicted octanol–water partition coefficient (Wildman–Crippen LogP) is 8.74. The van der Waals surface area contributed by atoms with Crippen LogP contribution in [-0.2, 0) is 13.6 Å². The number of ether oxygens (including phenoxy) is 1. The Labute approximate surface area is 192 Å². The molecule has 0 radical (unpaired) electrons. The van der Waals surface area contributed by atoms with Crippen LogP contribution in [0.15, 0.2) is 0 Å². The highest BCUT2D eigenvalue weighted by molar-refractivity contribution is 9.09. The van der Waals surface area contributed by atoms with E-state index in [1.807, 2.05) is 0 Å². The summed E-state index contributed by atoms with van der Waals surface area (Å²) >= 11 is 3.52. The van der Waals surface area contributed by atoms with Crippen LogP contribution in [0.5, 0.6) is 0 Å². The van der Waals surface area contributed by atoms with Gasteiger partial charge in [-0.3, -0.25) is 0 Å². The topological polar surface area (TPSA) is 27.7 Å². The van der Waals surface area contributed by atoms with Gasteiger partial charge < -0.3 is 13.6 Å². The van der Waals surface area contributed by atoms with E-state index in [9.17, 15) is 0 Å². The lowest BCUT2D eigenvalue weighted by Crippen LogP contribution is -2.40. The molecule has 0 aliphatic heterocycles. The number of hydrogen-bond acceptors (Lipinski definition) is 3. The van der Waals surface area contributed by atoms with Crippen molar-refractivity contribution in [3.63, 3.8) is 0 Å². The number of hydrogen-bond donors (Lipinski definition) is 0. The predicted molar refractivity (Wildman–Crippen MR) is 133 cm³/mol. The summed E-state index contributed by atoms with van der Waals surface area (Å²) in [5.74, 6) is 0. The molecule has 0 saturated heterocycles. The third-order valence-electron chi connectivity index (χ3n) is 5.24. The van der Waals surface area contributed by atoms with Crippen LogP contribution in [0.2, 0.25) is 13.1 Å². The standard InChI is InChI=1S/C24H51BrO3Si/c1-5-7-9-11-13-18-22-26-24(20-16-15-17-21-25)28-29(3,4)27-23-19-14-12-10-8-6-2/h24H,5-23H2,1-4H3. The fourth-order valence-electron chi connectivity index (χ4n) is 3.41. The first-order valence-corrected chi connectivity index (χ1v) is 16.5. The lowest BCUT2D eigenvalue weighted by atomic mass is 10.1. The van der Waals surface area contributed by atoms with Gasteiger partial charge >= 0.3 is 8.56 Å². The van der Waals surface area contributed by atoms with Gasteiger partial charge in [-0.2, -0.15) is 0 Å². The van der Waals surface area contributed by atoms with Crippen LogP contribution in [0.4, 0.5) is 0 Å². The number of halogens is 1. The van der Waals surface area contributed by atoms with Crippen LogP contribution in [0, 0.1) is 0 Å². The first kappa shape index (κ1) is 29.6. The molecule has 0 bridgehead atoms. The van der Waals surface area contributed by atoms with Crippen molar-refractivity contribution in [1.82, 2.24) is 0 Å². The van der Waals surface area contributed by atoms with E-state index < -0.39 is 8.56 Å². The van der Waals surface area contributed by atoms with Crippen molar-refractivity contribution in [1.29, 1.82) is 0 Å². The highest BCUT2D eigenvalue weighted by atomic mass is 79.9. The summed E-state index contributed by atoms with van der Waals surface area (Å²) in [6.45, 7) is 10.5. The molecule has 0 aromatic heterocycles. The molecule has 0 fully saturated rings. The highest BCUT2D eigenvalue weighted by Gasteiger charge is 2.29. The molecule has 3 nitrogen and oxygen atoms in total. The second-order valence-corrected chi connectivity index (χ2v) is 12.9. The smallest absolute Gasteiger partial charge is 0.333 e. The fourth-order valence-corrected chi connectivity index (χ4v) is 5.33. The van der Waals surface area contributed by atoms with Crippen LogP contribution < -0.4 is 0 Å². The molecule has 0 N–H and O–H groups in total. The molecule has 29 heavy (non-hydrogen) atoms. The molecule has 0 rings (SSSR count). The van der Waals surface area contributed by atoms with E-state index in [4.69, 9.17) is 13.6 Å². The number of alkyl halides is 1. The minimum absolute atomic E-state index is 0.0906. The molecule has 0 aliphatic carbocycles. The van der Waals surface area contributed by atoms with Gasteiger partial charge in [0, 0.05) is 18.5 Å². The van der Waals surface area contributed by atoms with Gasteiger partial charge in [-0.15, -0.1) is 0 Å². The average Bonchev–Trinajstić information content (AvgIpc) is 2.69. The summed E-state index contributed by atoms with van der Waals surface area (Å²) in [7, 11) is -2.13. The summed E-state index contributed by atoms with van der Waals surface area (Å²) in [5.41, 5.74) is 0. The van der Waals surface area contributed by atoms with Gasteiger partial charge in [-0.05, 0) is 45.2 Å². The van der Waals surface area contributed by atoms with Crippen molar-refractivity contribution in [3.05, 3.63) is 0 Å². The molecule has 0 aliphatic rings. The Kier molecular flexibility index (Phi) is 22.2. The van der Waals surface area contributed by atoms with E-state index in [0.717, 1.165) is 44.2 Å². The molecule has 0 amide bonds. The number of unbranched alkanes of at least 4 members (excludes halogenated alkanes) is 12. The zero-order valence-electron chi connectivity index (χ0n) is 20.1. The van der Waals surface area contributed by atoms with Crippen molar-refractivity contribution in [2.45, 2.75) is 136 Å². The maximum Gasteiger partial charge on any atom is 0.333 e. The zero-order chi connectivity index (χ0) is 21.6. The van der Waals surface area contributed by atoms with Crippen LogP contribution in [-0.4, -0.2) is 33.4 Å². The van der Waals surface area contributed by atoms with E-state index in [-0.39, 0.29) is 6.29 Å². The van der Waals surface area contributed by atoms with Gasteiger partial charge in [0.15, 0.2) is 0 Å². The molecule has 1 unspecified atom stereocenters. The lowest BCUT2D eigenvalue weighted by Gasteiger charge is -2.29. The summed E-state index contributed by atoms with van der Waals surface area (Å²) in [4.78, 5) is 0. The second-order valence-electron chi connectivity index (χ2n) is 8.74. The monoisotopic (exact) mass is 494 g/mol. The summed E-state index contributed by atoms with van der Waals surface area (Å²) in [5, 5.41) is 1.08. The van der Waals surface area contributed by atoms with Crippen LogP contribution in [0.1, 0.15) is 117 Å². The van der Waals surface area contributed by atoms with Gasteiger partial charge in [0.1, 0.15) is 6.29 Å². The van der Waals surface area contributed by atoms with Crippen molar-refractivity contribution < 1.29 is 13.6 Å². The minimum atomic E-state index is -2.13. The van der Waals surface area contributed by atoms with Crippen molar-refractivity contribution >= 4 is 24.5 Å². The van der Waals surface area contributed by atoms with Crippen LogP contribution in [0.25, 0.3) is 0 Å².